The normalized spacial score (nSPS) is 13.5. The summed E-state index contributed by atoms with van der Waals surface area (Å²) < 4.78 is 0. The third-order valence-electron chi connectivity index (χ3n) is 4.00. The second kappa shape index (κ2) is 4.46. The zero-order chi connectivity index (χ0) is 14.4. The van der Waals surface area contributed by atoms with Crippen LogP contribution in [0, 0.1) is 0 Å². The van der Waals surface area contributed by atoms with E-state index in [1.807, 2.05) is 42.5 Å². The third-order valence-corrected chi connectivity index (χ3v) is 4.00. The summed E-state index contributed by atoms with van der Waals surface area (Å²) in [6.07, 6.45) is 0.332. The Bertz CT molecular complexity index is 864. The first-order valence-electron chi connectivity index (χ1n) is 6.90. The average Bonchev–Trinajstić information content (AvgIpc) is 2.78. The van der Waals surface area contributed by atoms with Crippen molar-refractivity contribution < 1.29 is 9.90 Å². The van der Waals surface area contributed by atoms with Crippen molar-refractivity contribution in [2.24, 2.45) is 0 Å². The Morgan fingerprint density at radius 1 is 1.10 bits per heavy atom. The number of hydrogen-bond donors (Lipinski definition) is 3. The second-order valence-corrected chi connectivity index (χ2v) is 5.25. The third kappa shape index (κ3) is 1.76. The largest absolute Gasteiger partial charge is 0.392 e. The number of carbonyl (C=O) groups is 1. The standard InChI is InChI=1S/C17H14N2O2/c20-9-10-4-3-7-14-16(10)17-12(8-15(21)18-14)11-5-1-2-6-13(11)19-17/h1-7,19-20H,8-9H2,(H,18,21). The van der Waals surface area contributed by atoms with Crippen LogP contribution in [-0.4, -0.2) is 16.0 Å². The van der Waals surface area contributed by atoms with Gasteiger partial charge in [-0.2, -0.15) is 0 Å². The Balaban J connectivity index is 2.12. The smallest absolute Gasteiger partial charge is 0.228 e. The molecule has 2 heterocycles. The van der Waals surface area contributed by atoms with Crippen molar-refractivity contribution in [1.82, 2.24) is 4.98 Å². The highest BCUT2D eigenvalue weighted by atomic mass is 16.3. The van der Waals surface area contributed by atoms with Gasteiger partial charge in [0.2, 0.25) is 5.91 Å². The van der Waals surface area contributed by atoms with Crippen molar-refractivity contribution in [2.45, 2.75) is 13.0 Å². The summed E-state index contributed by atoms with van der Waals surface area (Å²) in [5.74, 6) is -0.0326. The minimum Gasteiger partial charge on any atom is -0.392 e. The van der Waals surface area contributed by atoms with Gasteiger partial charge >= 0.3 is 0 Å². The van der Waals surface area contributed by atoms with E-state index < -0.39 is 0 Å². The van der Waals surface area contributed by atoms with Crippen LogP contribution in [0.4, 0.5) is 5.69 Å². The molecule has 4 heteroatoms. The number of fused-ring (bicyclic) bond motifs is 5. The van der Waals surface area contributed by atoms with Crippen molar-refractivity contribution in [1.29, 1.82) is 0 Å². The Labute approximate surface area is 121 Å². The van der Waals surface area contributed by atoms with Gasteiger partial charge in [0.15, 0.2) is 0 Å². The predicted octanol–water partition coefficient (Wildman–Crippen LogP) is 2.82. The van der Waals surface area contributed by atoms with Crippen LogP contribution in [0.25, 0.3) is 22.2 Å². The molecule has 4 nitrogen and oxygen atoms in total. The minimum atomic E-state index is -0.0617. The van der Waals surface area contributed by atoms with Gasteiger partial charge < -0.3 is 15.4 Å². The Hall–Kier alpha value is -2.59. The molecule has 1 aliphatic rings. The number of rotatable bonds is 1. The van der Waals surface area contributed by atoms with Crippen LogP contribution >= 0.6 is 0 Å². The van der Waals surface area contributed by atoms with Crippen LogP contribution in [-0.2, 0) is 17.8 Å². The monoisotopic (exact) mass is 278 g/mol. The summed E-state index contributed by atoms with van der Waals surface area (Å²) in [5.41, 5.74) is 5.37. The van der Waals surface area contributed by atoms with Crippen LogP contribution in [0.5, 0.6) is 0 Å². The molecule has 21 heavy (non-hydrogen) atoms. The number of anilines is 1. The first-order chi connectivity index (χ1) is 10.3. The maximum atomic E-state index is 12.2. The molecule has 0 fully saturated rings. The van der Waals surface area contributed by atoms with Gasteiger partial charge in [0.05, 0.1) is 24.4 Å². The number of H-pyrrole nitrogens is 1. The molecule has 0 unspecified atom stereocenters. The maximum absolute atomic E-state index is 12.2. The van der Waals surface area contributed by atoms with E-state index in [0.717, 1.165) is 39.0 Å². The first-order valence-corrected chi connectivity index (χ1v) is 6.90. The van der Waals surface area contributed by atoms with Crippen LogP contribution in [0.15, 0.2) is 42.5 Å². The number of nitrogens with one attached hydrogen (secondary N) is 2. The van der Waals surface area contributed by atoms with Crippen LogP contribution in [0.2, 0.25) is 0 Å². The number of amides is 1. The quantitative estimate of drug-likeness (QED) is 0.641. The molecule has 1 amide bonds. The molecule has 3 aromatic rings. The molecule has 1 aliphatic heterocycles. The molecule has 3 N–H and O–H groups in total. The Kier molecular flexibility index (Phi) is 2.59. The van der Waals surface area contributed by atoms with Crippen LogP contribution < -0.4 is 5.32 Å². The number of para-hydroxylation sites is 1. The SMILES string of the molecule is O=C1Cc2c([nH]c3ccccc23)-c2c(CO)cccc2N1. The highest BCUT2D eigenvalue weighted by Crippen LogP contribution is 2.39. The molecule has 0 saturated carbocycles. The zero-order valence-electron chi connectivity index (χ0n) is 11.3. The molecule has 104 valence electrons. The van der Waals surface area contributed by atoms with Crippen LogP contribution in [0.1, 0.15) is 11.1 Å². The molecule has 0 aliphatic carbocycles. The van der Waals surface area contributed by atoms with Gasteiger partial charge in [0.25, 0.3) is 0 Å². The number of aromatic amines is 1. The second-order valence-electron chi connectivity index (χ2n) is 5.25. The highest BCUT2D eigenvalue weighted by molar-refractivity contribution is 6.05. The van der Waals surface area contributed by atoms with Gasteiger partial charge in [-0.05, 0) is 23.3 Å². The van der Waals surface area contributed by atoms with Crippen molar-refractivity contribution in [3.63, 3.8) is 0 Å². The fourth-order valence-corrected chi connectivity index (χ4v) is 3.08. The molecule has 0 atom stereocenters. The number of aliphatic hydroxyl groups is 1. The molecule has 0 bridgehead atoms. The van der Waals surface area contributed by atoms with E-state index in [2.05, 4.69) is 10.3 Å². The summed E-state index contributed by atoms with van der Waals surface area (Å²) in [4.78, 5) is 15.6. The summed E-state index contributed by atoms with van der Waals surface area (Å²) >= 11 is 0. The molecule has 1 aromatic heterocycles. The lowest BCUT2D eigenvalue weighted by molar-refractivity contribution is -0.115. The van der Waals surface area contributed by atoms with Gasteiger partial charge in [0, 0.05) is 16.5 Å². The van der Waals surface area contributed by atoms with E-state index in [0.29, 0.717) is 6.42 Å². The van der Waals surface area contributed by atoms with Crippen molar-refractivity contribution in [2.75, 3.05) is 5.32 Å². The Morgan fingerprint density at radius 3 is 2.81 bits per heavy atom. The zero-order valence-corrected chi connectivity index (χ0v) is 11.3. The molecule has 4 rings (SSSR count). The number of aromatic nitrogens is 1. The molecular formula is C17H14N2O2. The van der Waals surface area contributed by atoms with Crippen LogP contribution in [0.3, 0.4) is 0 Å². The number of benzene rings is 2. The highest BCUT2D eigenvalue weighted by Gasteiger charge is 2.24. The van der Waals surface area contributed by atoms with Gasteiger partial charge in [0.1, 0.15) is 0 Å². The summed E-state index contributed by atoms with van der Waals surface area (Å²) in [5, 5.41) is 13.6. The van der Waals surface area contributed by atoms with E-state index in [4.69, 9.17) is 0 Å². The van der Waals surface area contributed by atoms with E-state index in [9.17, 15) is 9.90 Å². The van der Waals surface area contributed by atoms with Crippen molar-refractivity contribution >= 4 is 22.5 Å². The number of hydrogen-bond acceptors (Lipinski definition) is 2. The van der Waals surface area contributed by atoms with Gasteiger partial charge in [-0.1, -0.05) is 30.3 Å². The van der Waals surface area contributed by atoms with E-state index in [1.54, 1.807) is 0 Å². The van der Waals surface area contributed by atoms with Crippen molar-refractivity contribution in [3.8, 4) is 11.3 Å². The lowest BCUT2D eigenvalue weighted by Crippen LogP contribution is -2.12. The van der Waals surface area contributed by atoms with E-state index >= 15 is 0 Å². The predicted molar refractivity (Wildman–Crippen MR) is 82.0 cm³/mol. The fraction of sp³-hybridized carbons (Fsp3) is 0.118. The fourth-order valence-electron chi connectivity index (χ4n) is 3.08. The van der Waals surface area contributed by atoms with Gasteiger partial charge in [-0.25, -0.2) is 0 Å². The lowest BCUT2D eigenvalue weighted by atomic mass is 9.99. The molecule has 0 saturated heterocycles. The topological polar surface area (TPSA) is 65.1 Å². The molecular weight excluding hydrogens is 264 g/mol. The molecule has 2 aromatic carbocycles. The first kappa shape index (κ1) is 12.2. The summed E-state index contributed by atoms with van der Waals surface area (Å²) in [7, 11) is 0. The van der Waals surface area contributed by atoms with E-state index in [-0.39, 0.29) is 12.5 Å². The molecule has 0 radical (unpaired) electrons. The Morgan fingerprint density at radius 2 is 1.95 bits per heavy atom. The van der Waals surface area contributed by atoms with Crippen molar-refractivity contribution in [3.05, 3.63) is 53.6 Å². The van der Waals surface area contributed by atoms with Gasteiger partial charge in [-0.15, -0.1) is 0 Å². The summed E-state index contributed by atoms with van der Waals surface area (Å²) in [6, 6.07) is 13.6. The average molecular weight is 278 g/mol. The lowest BCUT2D eigenvalue weighted by Gasteiger charge is -2.11. The number of carbonyl (C=O) groups excluding carboxylic acids is 1. The molecule has 0 spiro atoms. The van der Waals surface area contributed by atoms with Gasteiger partial charge in [-0.3, -0.25) is 4.79 Å². The minimum absolute atomic E-state index is 0.0326. The van der Waals surface area contributed by atoms with E-state index in [1.165, 1.54) is 0 Å². The number of aliphatic hydroxyl groups excluding tert-OH is 1. The summed E-state index contributed by atoms with van der Waals surface area (Å²) in [6.45, 7) is -0.0617. The maximum Gasteiger partial charge on any atom is 0.228 e.